The lowest BCUT2D eigenvalue weighted by molar-refractivity contribution is 0.0899. The van der Waals surface area contributed by atoms with E-state index in [0.717, 1.165) is 11.3 Å². The van der Waals surface area contributed by atoms with Crippen LogP contribution in [-0.2, 0) is 13.0 Å². The highest BCUT2D eigenvalue weighted by Crippen LogP contribution is 2.18. The molecular weight excluding hydrogens is 468 g/mol. The first kappa shape index (κ1) is 26.1. The molecule has 2 amide bonds. The molecule has 194 valence electrons. The van der Waals surface area contributed by atoms with E-state index in [-0.39, 0.29) is 24.5 Å². The van der Waals surface area contributed by atoms with Crippen molar-refractivity contribution < 1.29 is 14.7 Å². The molecule has 37 heavy (non-hydrogen) atoms. The number of fused-ring (bicyclic) bond motifs is 1. The Hall–Kier alpha value is -3.98. The topological polar surface area (TPSA) is 114 Å². The van der Waals surface area contributed by atoms with Crippen LogP contribution in [0.2, 0.25) is 0 Å². The number of aliphatic hydroxyl groups is 1. The molecule has 0 aliphatic heterocycles. The Kier molecular flexibility index (Phi) is 8.03. The molecule has 0 bridgehead atoms. The molecule has 3 aromatic heterocycles. The third-order valence-corrected chi connectivity index (χ3v) is 6.22. The minimum absolute atomic E-state index is 0.143. The molecule has 9 nitrogen and oxygen atoms in total. The van der Waals surface area contributed by atoms with Crippen LogP contribution in [0.4, 0.5) is 0 Å². The summed E-state index contributed by atoms with van der Waals surface area (Å²) >= 11 is 0. The number of hydrogen-bond acceptors (Lipinski definition) is 5. The smallest absolute Gasteiger partial charge is 0.270 e. The zero-order valence-corrected chi connectivity index (χ0v) is 21.7. The van der Waals surface area contributed by atoms with Crippen molar-refractivity contribution in [3.63, 3.8) is 0 Å². The SMILES string of the molecule is CCc1nc2c(C(=O)NCc3cnn(-c4ccc(C)cc4)c3)cccn2c1C(=O)N[C@H](CO)CC(C)C. The van der Waals surface area contributed by atoms with E-state index in [0.29, 0.717) is 47.9 Å². The highest BCUT2D eigenvalue weighted by atomic mass is 16.3. The number of aryl methyl sites for hydroxylation is 2. The van der Waals surface area contributed by atoms with Gasteiger partial charge >= 0.3 is 0 Å². The van der Waals surface area contributed by atoms with Crippen LogP contribution in [0.15, 0.2) is 55.0 Å². The van der Waals surface area contributed by atoms with Gasteiger partial charge in [-0.05, 0) is 49.9 Å². The second kappa shape index (κ2) is 11.4. The van der Waals surface area contributed by atoms with Crippen LogP contribution in [0.25, 0.3) is 11.3 Å². The largest absolute Gasteiger partial charge is 0.394 e. The van der Waals surface area contributed by atoms with Gasteiger partial charge in [-0.2, -0.15) is 5.10 Å². The van der Waals surface area contributed by atoms with E-state index in [1.807, 2.05) is 58.2 Å². The van der Waals surface area contributed by atoms with E-state index in [4.69, 9.17) is 0 Å². The second-order valence-corrected chi connectivity index (χ2v) is 9.67. The molecule has 0 spiro atoms. The van der Waals surface area contributed by atoms with E-state index in [9.17, 15) is 14.7 Å². The lowest BCUT2D eigenvalue weighted by Gasteiger charge is -2.18. The molecule has 0 radical (unpaired) electrons. The first-order chi connectivity index (χ1) is 17.8. The lowest BCUT2D eigenvalue weighted by Crippen LogP contribution is -2.39. The van der Waals surface area contributed by atoms with Gasteiger partial charge in [0.25, 0.3) is 11.8 Å². The van der Waals surface area contributed by atoms with Gasteiger partial charge in [0, 0.05) is 24.5 Å². The Labute approximate surface area is 216 Å². The molecule has 3 N–H and O–H groups in total. The molecule has 9 heteroatoms. The van der Waals surface area contributed by atoms with Crippen LogP contribution in [0.3, 0.4) is 0 Å². The summed E-state index contributed by atoms with van der Waals surface area (Å²) in [7, 11) is 0. The number of nitrogens with one attached hydrogen (secondary N) is 2. The van der Waals surface area contributed by atoms with Gasteiger partial charge < -0.3 is 15.7 Å². The van der Waals surface area contributed by atoms with E-state index < -0.39 is 0 Å². The Balaban J connectivity index is 1.53. The van der Waals surface area contributed by atoms with E-state index in [1.165, 1.54) is 5.56 Å². The number of carbonyl (C=O) groups excluding carboxylic acids is 2. The maximum Gasteiger partial charge on any atom is 0.270 e. The summed E-state index contributed by atoms with van der Waals surface area (Å²) in [6.07, 6.45) is 6.53. The Morgan fingerprint density at radius 1 is 1.11 bits per heavy atom. The summed E-state index contributed by atoms with van der Waals surface area (Å²) in [5.41, 5.74) is 4.75. The van der Waals surface area contributed by atoms with Crippen molar-refractivity contribution in [3.05, 3.63) is 83.1 Å². The van der Waals surface area contributed by atoms with Crippen molar-refractivity contribution in [1.29, 1.82) is 0 Å². The van der Waals surface area contributed by atoms with Gasteiger partial charge in [-0.25, -0.2) is 9.67 Å². The van der Waals surface area contributed by atoms with Crippen molar-refractivity contribution in [2.45, 2.75) is 53.1 Å². The summed E-state index contributed by atoms with van der Waals surface area (Å²) in [5, 5.41) is 20.0. The quantitative estimate of drug-likeness (QED) is 0.307. The average molecular weight is 503 g/mol. The monoisotopic (exact) mass is 502 g/mol. The molecule has 1 atom stereocenters. The average Bonchev–Trinajstić information content (AvgIpc) is 3.51. The van der Waals surface area contributed by atoms with Crippen molar-refractivity contribution in [1.82, 2.24) is 29.8 Å². The summed E-state index contributed by atoms with van der Waals surface area (Å²) in [6.45, 7) is 8.19. The highest BCUT2D eigenvalue weighted by molar-refractivity contribution is 6.01. The number of pyridine rings is 1. The predicted octanol–water partition coefficient (Wildman–Crippen LogP) is 3.46. The highest BCUT2D eigenvalue weighted by Gasteiger charge is 2.24. The molecule has 3 heterocycles. The number of carbonyl (C=O) groups is 2. The molecule has 0 aliphatic rings. The van der Waals surface area contributed by atoms with Crippen molar-refractivity contribution in [2.75, 3.05) is 6.61 Å². The zero-order valence-electron chi connectivity index (χ0n) is 21.7. The van der Waals surface area contributed by atoms with Crippen molar-refractivity contribution >= 4 is 17.5 Å². The van der Waals surface area contributed by atoms with Gasteiger partial charge in [-0.1, -0.05) is 38.5 Å². The molecule has 4 rings (SSSR count). The minimum Gasteiger partial charge on any atom is -0.394 e. The van der Waals surface area contributed by atoms with Crippen LogP contribution < -0.4 is 10.6 Å². The van der Waals surface area contributed by atoms with Crippen LogP contribution in [0.1, 0.15) is 64.9 Å². The molecule has 0 fully saturated rings. The van der Waals surface area contributed by atoms with Gasteiger partial charge in [0.2, 0.25) is 0 Å². The number of benzene rings is 1. The van der Waals surface area contributed by atoms with Gasteiger partial charge in [0.15, 0.2) is 5.65 Å². The first-order valence-corrected chi connectivity index (χ1v) is 12.6. The standard InChI is InChI=1S/C28H34N6O3/c1-5-24-25(28(37)31-21(17-35)13-18(2)3)33-12-6-7-23(26(33)32-24)27(36)29-14-20-15-30-34(16-20)22-10-8-19(4)9-11-22/h6-12,15-16,18,21,35H,5,13-14,17H2,1-4H3,(H,29,36)(H,31,37)/t21-/m0/s1. The molecule has 0 aliphatic carbocycles. The molecule has 0 unspecified atom stereocenters. The fraction of sp³-hybridized carbons (Fsp3) is 0.357. The van der Waals surface area contributed by atoms with E-state index in [1.54, 1.807) is 33.6 Å². The lowest BCUT2D eigenvalue weighted by atomic mass is 10.0. The van der Waals surface area contributed by atoms with Gasteiger partial charge in [0.1, 0.15) is 5.69 Å². The molecule has 4 aromatic rings. The van der Waals surface area contributed by atoms with Crippen LogP contribution in [0, 0.1) is 12.8 Å². The maximum atomic E-state index is 13.2. The first-order valence-electron chi connectivity index (χ1n) is 12.6. The number of nitrogens with zero attached hydrogens (tertiary/aromatic N) is 4. The number of imidazole rings is 1. The Bertz CT molecular complexity index is 1390. The minimum atomic E-state index is -0.352. The fourth-order valence-corrected chi connectivity index (χ4v) is 4.35. The Morgan fingerprint density at radius 3 is 2.54 bits per heavy atom. The normalized spacial score (nSPS) is 12.2. The number of amides is 2. The van der Waals surface area contributed by atoms with Crippen LogP contribution in [0.5, 0.6) is 0 Å². The van der Waals surface area contributed by atoms with Crippen LogP contribution in [-0.4, -0.2) is 48.7 Å². The summed E-state index contributed by atoms with van der Waals surface area (Å²) in [6, 6.07) is 11.1. The predicted molar refractivity (Wildman–Crippen MR) is 142 cm³/mol. The van der Waals surface area contributed by atoms with E-state index >= 15 is 0 Å². The van der Waals surface area contributed by atoms with Gasteiger partial charge in [0.05, 0.1) is 35.8 Å². The number of hydrogen-bond donors (Lipinski definition) is 3. The number of rotatable bonds is 10. The van der Waals surface area contributed by atoms with Gasteiger partial charge in [-0.15, -0.1) is 0 Å². The summed E-state index contributed by atoms with van der Waals surface area (Å²) in [5.74, 6) is -0.281. The fourth-order valence-electron chi connectivity index (χ4n) is 4.35. The second-order valence-electron chi connectivity index (χ2n) is 9.67. The zero-order chi connectivity index (χ0) is 26.5. The van der Waals surface area contributed by atoms with Crippen LogP contribution >= 0.6 is 0 Å². The Morgan fingerprint density at radius 2 is 1.86 bits per heavy atom. The third kappa shape index (κ3) is 5.89. The molecular formula is C28H34N6O3. The number of aliphatic hydroxyl groups excluding tert-OH is 1. The van der Waals surface area contributed by atoms with Crippen molar-refractivity contribution in [3.8, 4) is 5.69 Å². The van der Waals surface area contributed by atoms with E-state index in [2.05, 4.69) is 20.7 Å². The molecule has 0 saturated carbocycles. The van der Waals surface area contributed by atoms with Crippen molar-refractivity contribution in [2.24, 2.45) is 5.92 Å². The molecule has 1 aromatic carbocycles. The summed E-state index contributed by atoms with van der Waals surface area (Å²) < 4.78 is 3.43. The third-order valence-electron chi connectivity index (χ3n) is 6.22. The van der Waals surface area contributed by atoms with Gasteiger partial charge in [-0.3, -0.25) is 14.0 Å². The number of aromatic nitrogens is 4. The maximum absolute atomic E-state index is 13.2. The molecule has 0 saturated heterocycles. The summed E-state index contributed by atoms with van der Waals surface area (Å²) in [4.78, 5) is 31.0.